The lowest BCUT2D eigenvalue weighted by atomic mass is 10.2. The number of nitrogens with zero attached hydrogens (tertiary/aromatic N) is 2. The van der Waals surface area contributed by atoms with Crippen LogP contribution in [0.25, 0.3) is 0 Å². The van der Waals surface area contributed by atoms with Gasteiger partial charge < -0.3 is 10.9 Å². The summed E-state index contributed by atoms with van der Waals surface area (Å²) in [4.78, 5) is 5.26. The summed E-state index contributed by atoms with van der Waals surface area (Å²) in [6.45, 7) is 3.96. The van der Waals surface area contributed by atoms with Crippen LogP contribution in [-0.2, 0) is 0 Å². The maximum Gasteiger partial charge on any atom is 0.172 e. The van der Waals surface area contributed by atoms with Crippen molar-refractivity contribution in [1.82, 2.24) is 4.98 Å². The van der Waals surface area contributed by atoms with E-state index in [1.807, 2.05) is 38.1 Å². The lowest BCUT2D eigenvalue weighted by Crippen LogP contribution is -2.14. The normalized spacial score (nSPS) is 11.7. The van der Waals surface area contributed by atoms with E-state index >= 15 is 0 Å². The van der Waals surface area contributed by atoms with E-state index < -0.39 is 0 Å². The Bertz CT molecular complexity index is 653. The number of nitrogens with two attached hydrogens (primary N) is 1. The van der Waals surface area contributed by atoms with E-state index in [9.17, 15) is 0 Å². The second kappa shape index (κ2) is 6.15. The number of pyridine rings is 1. The van der Waals surface area contributed by atoms with Crippen molar-refractivity contribution >= 4 is 29.2 Å². The molecule has 104 valence electrons. The van der Waals surface area contributed by atoms with E-state index in [1.165, 1.54) is 11.8 Å². The minimum atomic E-state index is -0.0116. The molecule has 1 aromatic heterocycles. The summed E-state index contributed by atoms with van der Waals surface area (Å²) >= 11 is 7.56. The highest BCUT2D eigenvalue weighted by molar-refractivity contribution is 7.99. The van der Waals surface area contributed by atoms with Crippen molar-refractivity contribution in [2.75, 3.05) is 0 Å². The van der Waals surface area contributed by atoms with Crippen LogP contribution in [0.1, 0.15) is 16.8 Å². The Morgan fingerprint density at radius 1 is 1.35 bits per heavy atom. The number of benzene rings is 1. The summed E-state index contributed by atoms with van der Waals surface area (Å²) < 4.78 is 0. The van der Waals surface area contributed by atoms with Gasteiger partial charge in [-0.05, 0) is 43.7 Å². The fourth-order valence-corrected chi connectivity index (χ4v) is 3.31. The summed E-state index contributed by atoms with van der Waals surface area (Å²) in [6.07, 6.45) is 0. The molecule has 1 heterocycles. The molecule has 4 nitrogen and oxygen atoms in total. The molecule has 0 saturated heterocycles. The van der Waals surface area contributed by atoms with Crippen LogP contribution >= 0.6 is 23.4 Å². The van der Waals surface area contributed by atoms with Gasteiger partial charge in [0.05, 0.1) is 10.6 Å². The fourth-order valence-electron chi connectivity index (χ4n) is 1.86. The van der Waals surface area contributed by atoms with Gasteiger partial charge in [-0.3, -0.25) is 0 Å². The third-order valence-corrected chi connectivity index (χ3v) is 3.92. The first kappa shape index (κ1) is 14.7. The zero-order valence-electron chi connectivity index (χ0n) is 11.1. The molecule has 6 heteroatoms. The Kier molecular flexibility index (Phi) is 4.52. The van der Waals surface area contributed by atoms with Gasteiger partial charge in [-0.1, -0.05) is 34.6 Å². The molecule has 0 atom stereocenters. The highest BCUT2D eigenvalue weighted by atomic mass is 35.5. The van der Waals surface area contributed by atoms with Crippen LogP contribution in [0.2, 0.25) is 5.02 Å². The molecule has 3 N–H and O–H groups in total. The first-order valence-corrected chi connectivity index (χ1v) is 7.10. The number of hydrogen-bond donors (Lipinski definition) is 2. The SMILES string of the molecule is Cc1cc(C)nc(Sc2cccc(Cl)c2/C(N)=N/O)c1. The molecule has 0 spiro atoms. The summed E-state index contributed by atoms with van der Waals surface area (Å²) in [5.74, 6) is -0.0116. The van der Waals surface area contributed by atoms with Gasteiger partial charge in [0, 0.05) is 10.6 Å². The first-order valence-electron chi connectivity index (χ1n) is 5.91. The van der Waals surface area contributed by atoms with Gasteiger partial charge in [-0.2, -0.15) is 0 Å². The molecule has 0 aliphatic carbocycles. The summed E-state index contributed by atoms with van der Waals surface area (Å²) in [5.41, 5.74) is 8.28. The monoisotopic (exact) mass is 307 g/mol. The second-order valence-electron chi connectivity index (χ2n) is 4.32. The molecular weight excluding hydrogens is 294 g/mol. The molecular formula is C14H14ClN3OS. The Morgan fingerprint density at radius 3 is 2.75 bits per heavy atom. The van der Waals surface area contributed by atoms with Crippen molar-refractivity contribution in [2.24, 2.45) is 10.9 Å². The highest BCUT2D eigenvalue weighted by Crippen LogP contribution is 2.33. The van der Waals surface area contributed by atoms with Gasteiger partial charge in [0.25, 0.3) is 0 Å². The number of rotatable bonds is 3. The number of amidine groups is 1. The summed E-state index contributed by atoms with van der Waals surface area (Å²) in [7, 11) is 0. The van der Waals surface area contributed by atoms with Crippen LogP contribution in [-0.4, -0.2) is 16.0 Å². The largest absolute Gasteiger partial charge is 0.409 e. The van der Waals surface area contributed by atoms with Gasteiger partial charge in [-0.25, -0.2) is 4.98 Å². The quantitative estimate of drug-likeness (QED) is 0.393. The zero-order valence-corrected chi connectivity index (χ0v) is 12.7. The molecule has 20 heavy (non-hydrogen) atoms. The number of hydrogen-bond acceptors (Lipinski definition) is 4. The molecule has 0 radical (unpaired) electrons. The summed E-state index contributed by atoms with van der Waals surface area (Å²) in [6, 6.07) is 9.37. The highest BCUT2D eigenvalue weighted by Gasteiger charge is 2.13. The van der Waals surface area contributed by atoms with Crippen LogP contribution in [0.15, 0.2) is 45.4 Å². The average molecular weight is 308 g/mol. The van der Waals surface area contributed by atoms with E-state index in [-0.39, 0.29) is 5.84 Å². The first-order chi connectivity index (χ1) is 9.51. The van der Waals surface area contributed by atoms with Crippen LogP contribution in [0.5, 0.6) is 0 Å². The smallest absolute Gasteiger partial charge is 0.172 e. The topological polar surface area (TPSA) is 71.5 Å². The van der Waals surface area contributed by atoms with Crippen LogP contribution in [0, 0.1) is 13.8 Å². The zero-order chi connectivity index (χ0) is 14.7. The number of aromatic nitrogens is 1. The Hall–Kier alpha value is -1.72. The van der Waals surface area contributed by atoms with E-state index in [1.54, 1.807) is 6.07 Å². The minimum Gasteiger partial charge on any atom is -0.409 e. The van der Waals surface area contributed by atoms with Crippen molar-refractivity contribution < 1.29 is 5.21 Å². The third kappa shape index (κ3) is 3.23. The molecule has 0 bridgehead atoms. The van der Waals surface area contributed by atoms with Crippen molar-refractivity contribution in [1.29, 1.82) is 0 Å². The lowest BCUT2D eigenvalue weighted by Gasteiger charge is -2.10. The van der Waals surface area contributed by atoms with Crippen molar-refractivity contribution in [3.05, 3.63) is 52.2 Å². The molecule has 0 unspecified atom stereocenters. The molecule has 2 aromatic rings. The van der Waals surface area contributed by atoms with Gasteiger partial charge in [-0.15, -0.1) is 0 Å². The standard InChI is InChI=1S/C14H14ClN3OS/c1-8-6-9(2)17-12(7-8)20-11-5-3-4-10(15)13(11)14(16)18-19/h3-7,19H,1-2H3,(H2,16,18). The molecule has 0 aliphatic rings. The van der Waals surface area contributed by atoms with E-state index in [4.69, 9.17) is 22.5 Å². The molecule has 0 amide bonds. The number of oxime groups is 1. The van der Waals surface area contributed by atoms with E-state index in [0.717, 1.165) is 21.2 Å². The van der Waals surface area contributed by atoms with Crippen LogP contribution < -0.4 is 5.73 Å². The Morgan fingerprint density at radius 2 is 2.10 bits per heavy atom. The van der Waals surface area contributed by atoms with Crippen molar-refractivity contribution in [3.63, 3.8) is 0 Å². The minimum absolute atomic E-state index is 0.0116. The van der Waals surface area contributed by atoms with Crippen LogP contribution in [0.3, 0.4) is 0 Å². The molecule has 1 aromatic carbocycles. The second-order valence-corrected chi connectivity index (χ2v) is 5.79. The maximum absolute atomic E-state index is 8.87. The number of aryl methyl sites for hydroxylation is 2. The predicted octanol–water partition coefficient (Wildman–Crippen LogP) is 3.60. The average Bonchev–Trinajstić information content (AvgIpc) is 2.37. The molecule has 0 fully saturated rings. The maximum atomic E-state index is 8.87. The molecule has 0 aliphatic heterocycles. The van der Waals surface area contributed by atoms with Gasteiger partial charge in [0.15, 0.2) is 5.84 Å². The van der Waals surface area contributed by atoms with Crippen molar-refractivity contribution in [3.8, 4) is 0 Å². The Labute approximate surface area is 126 Å². The number of halogens is 1. The van der Waals surface area contributed by atoms with Crippen LogP contribution in [0.4, 0.5) is 0 Å². The van der Waals surface area contributed by atoms with E-state index in [2.05, 4.69) is 10.1 Å². The van der Waals surface area contributed by atoms with Crippen molar-refractivity contribution in [2.45, 2.75) is 23.8 Å². The predicted molar refractivity (Wildman–Crippen MR) is 81.8 cm³/mol. The lowest BCUT2D eigenvalue weighted by molar-refractivity contribution is 0.318. The van der Waals surface area contributed by atoms with Gasteiger partial charge >= 0.3 is 0 Å². The summed E-state index contributed by atoms with van der Waals surface area (Å²) in [5, 5.41) is 13.2. The third-order valence-electron chi connectivity index (χ3n) is 2.63. The van der Waals surface area contributed by atoms with E-state index in [0.29, 0.717) is 10.6 Å². The Balaban J connectivity index is 2.46. The van der Waals surface area contributed by atoms with Gasteiger partial charge in [0.2, 0.25) is 0 Å². The van der Waals surface area contributed by atoms with Gasteiger partial charge in [0.1, 0.15) is 5.03 Å². The molecule has 0 saturated carbocycles. The fraction of sp³-hybridized carbons (Fsp3) is 0.143. The molecule has 2 rings (SSSR count).